The number of amidine groups is 1. The zero-order chi connectivity index (χ0) is 21.8. The minimum absolute atomic E-state index is 0.00496. The molecule has 2 aliphatic heterocycles. The van der Waals surface area contributed by atoms with E-state index in [4.69, 9.17) is 18.9 Å². The molecule has 10 heteroatoms. The van der Waals surface area contributed by atoms with Gasteiger partial charge in [-0.25, -0.2) is 4.99 Å². The third kappa shape index (κ3) is 4.85. The summed E-state index contributed by atoms with van der Waals surface area (Å²) in [6, 6.07) is 10.4. The fourth-order valence-corrected chi connectivity index (χ4v) is 4.09. The topological polar surface area (TPSA) is 107 Å². The molecule has 162 valence electrons. The summed E-state index contributed by atoms with van der Waals surface area (Å²) in [4.78, 5) is 29.2. The standard InChI is InChI=1S/C21H21N3O6S/c1-27-14-5-3-12(9-16(14)28-2)22-19(25)11-18-20(26)24-21(31-18)23-13-4-6-15-17(10-13)30-8-7-29-15/h3-6,9-10,18H,7-8,11H2,1-2H3,(H,22,25)(H,23,24,26). The summed E-state index contributed by atoms with van der Waals surface area (Å²) in [5.74, 6) is 1.80. The summed E-state index contributed by atoms with van der Waals surface area (Å²) in [7, 11) is 3.06. The SMILES string of the molecule is COc1ccc(NC(=O)CC2SC(=Nc3ccc4c(c3)OCCO4)NC2=O)cc1OC. The Bertz CT molecular complexity index is 1040. The largest absolute Gasteiger partial charge is 0.493 e. The number of benzene rings is 2. The highest BCUT2D eigenvalue weighted by atomic mass is 32.2. The fourth-order valence-electron chi connectivity index (χ4n) is 3.11. The van der Waals surface area contributed by atoms with E-state index < -0.39 is 5.25 Å². The van der Waals surface area contributed by atoms with E-state index in [1.807, 2.05) is 0 Å². The van der Waals surface area contributed by atoms with E-state index in [1.165, 1.54) is 26.0 Å². The predicted molar refractivity (Wildman–Crippen MR) is 117 cm³/mol. The van der Waals surface area contributed by atoms with Gasteiger partial charge in [-0.3, -0.25) is 9.59 Å². The Morgan fingerprint density at radius 3 is 2.68 bits per heavy atom. The van der Waals surface area contributed by atoms with E-state index in [-0.39, 0.29) is 18.2 Å². The maximum Gasteiger partial charge on any atom is 0.240 e. The van der Waals surface area contributed by atoms with Crippen LogP contribution in [0.25, 0.3) is 0 Å². The maximum absolute atomic E-state index is 12.4. The number of hydrogen-bond acceptors (Lipinski definition) is 8. The van der Waals surface area contributed by atoms with Crippen molar-refractivity contribution in [2.24, 2.45) is 4.99 Å². The van der Waals surface area contributed by atoms with E-state index in [1.54, 1.807) is 36.4 Å². The van der Waals surface area contributed by atoms with Crippen LogP contribution in [0.4, 0.5) is 11.4 Å². The molecule has 1 unspecified atom stereocenters. The second kappa shape index (κ2) is 9.17. The van der Waals surface area contributed by atoms with Gasteiger partial charge in [-0.2, -0.15) is 0 Å². The average Bonchev–Trinajstić information content (AvgIpc) is 3.11. The first kappa shape index (κ1) is 20.9. The van der Waals surface area contributed by atoms with E-state index >= 15 is 0 Å². The van der Waals surface area contributed by atoms with Crippen LogP contribution in [0, 0.1) is 0 Å². The molecule has 0 bridgehead atoms. The molecule has 0 saturated carbocycles. The van der Waals surface area contributed by atoms with Gasteiger partial charge in [0.2, 0.25) is 11.8 Å². The van der Waals surface area contributed by atoms with E-state index in [0.717, 1.165) is 0 Å². The molecular weight excluding hydrogens is 422 g/mol. The van der Waals surface area contributed by atoms with Crippen molar-refractivity contribution in [3.63, 3.8) is 0 Å². The van der Waals surface area contributed by atoms with Gasteiger partial charge in [0.1, 0.15) is 18.5 Å². The Morgan fingerprint density at radius 2 is 1.90 bits per heavy atom. The van der Waals surface area contributed by atoms with Gasteiger partial charge in [-0.15, -0.1) is 0 Å². The molecule has 2 heterocycles. The number of aliphatic imine (C=N–C) groups is 1. The maximum atomic E-state index is 12.4. The molecule has 9 nitrogen and oxygen atoms in total. The highest BCUT2D eigenvalue weighted by molar-refractivity contribution is 8.15. The van der Waals surface area contributed by atoms with Crippen LogP contribution in [0.15, 0.2) is 41.4 Å². The number of fused-ring (bicyclic) bond motifs is 1. The Labute approximate surface area is 183 Å². The summed E-state index contributed by atoms with van der Waals surface area (Å²) in [5.41, 5.74) is 1.18. The molecule has 1 fully saturated rings. The van der Waals surface area contributed by atoms with Crippen molar-refractivity contribution in [1.29, 1.82) is 0 Å². The van der Waals surface area contributed by atoms with Crippen molar-refractivity contribution in [3.05, 3.63) is 36.4 Å². The number of carbonyl (C=O) groups excluding carboxylic acids is 2. The average molecular weight is 443 g/mol. The molecule has 2 amide bonds. The normalized spacial score (nSPS) is 18.5. The van der Waals surface area contributed by atoms with E-state index in [2.05, 4.69) is 15.6 Å². The van der Waals surface area contributed by atoms with Crippen molar-refractivity contribution < 1.29 is 28.5 Å². The number of nitrogens with zero attached hydrogens (tertiary/aromatic N) is 1. The molecule has 2 N–H and O–H groups in total. The Balaban J connectivity index is 1.38. The van der Waals surface area contributed by atoms with Gasteiger partial charge in [-0.05, 0) is 24.3 Å². The lowest BCUT2D eigenvalue weighted by atomic mass is 10.2. The Hall–Kier alpha value is -3.40. The zero-order valence-electron chi connectivity index (χ0n) is 17.0. The third-order valence-corrected chi connectivity index (χ3v) is 5.65. The fraction of sp³-hybridized carbons (Fsp3) is 0.286. The molecule has 0 radical (unpaired) electrons. The van der Waals surface area contributed by atoms with Crippen molar-refractivity contribution >= 4 is 40.1 Å². The molecular formula is C21H21N3O6S. The lowest BCUT2D eigenvalue weighted by Gasteiger charge is -2.18. The van der Waals surface area contributed by atoms with Gasteiger partial charge < -0.3 is 29.6 Å². The molecule has 1 saturated heterocycles. The smallest absolute Gasteiger partial charge is 0.240 e. The third-order valence-electron chi connectivity index (χ3n) is 4.57. The highest BCUT2D eigenvalue weighted by Gasteiger charge is 2.32. The number of nitrogens with one attached hydrogen (secondary N) is 2. The van der Waals surface area contributed by atoms with Gasteiger partial charge in [-0.1, -0.05) is 11.8 Å². The van der Waals surface area contributed by atoms with E-state index in [0.29, 0.717) is 52.8 Å². The summed E-state index contributed by atoms with van der Waals surface area (Å²) < 4.78 is 21.5. The lowest BCUT2D eigenvalue weighted by molar-refractivity contribution is -0.122. The Morgan fingerprint density at radius 1 is 1.13 bits per heavy atom. The highest BCUT2D eigenvalue weighted by Crippen LogP contribution is 2.35. The quantitative estimate of drug-likeness (QED) is 0.707. The molecule has 0 aliphatic carbocycles. The number of thioether (sulfide) groups is 1. The predicted octanol–water partition coefficient (Wildman–Crippen LogP) is 2.72. The Kier molecular flexibility index (Phi) is 6.17. The summed E-state index contributed by atoms with van der Waals surface area (Å²) in [5, 5.41) is 5.36. The minimum Gasteiger partial charge on any atom is -0.493 e. The van der Waals surface area contributed by atoms with Gasteiger partial charge in [0, 0.05) is 24.2 Å². The van der Waals surface area contributed by atoms with E-state index in [9.17, 15) is 9.59 Å². The summed E-state index contributed by atoms with van der Waals surface area (Å²) >= 11 is 1.22. The minimum atomic E-state index is -0.573. The first-order valence-corrected chi connectivity index (χ1v) is 10.4. The zero-order valence-corrected chi connectivity index (χ0v) is 17.8. The van der Waals surface area contributed by atoms with Crippen molar-refractivity contribution in [3.8, 4) is 23.0 Å². The lowest BCUT2D eigenvalue weighted by Crippen LogP contribution is -2.28. The van der Waals surface area contributed by atoms with Crippen LogP contribution in [0.1, 0.15) is 6.42 Å². The number of anilines is 1. The first-order chi connectivity index (χ1) is 15.1. The molecule has 4 rings (SSSR count). The van der Waals surface area contributed by atoms with Crippen molar-refractivity contribution in [2.75, 3.05) is 32.8 Å². The van der Waals surface area contributed by atoms with Gasteiger partial charge >= 0.3 is 0 Å². The van der Waals surface area contributed by atoms with Crippen LogP contribution < -0.4 is 29.6 Å². The molecule has 2 aromatic rings. The number of amides is 2. The van der Waals surface area contributed by atoms with Crippen LogP contribution in [0.3, 0.4) is 0 Å². The van der Waals surface area contributed by atoms with Crippen LogP contribution in [-0.2, 0) is 9.59 Å². The van der Waals surface area contributed by atoms with Gasteiger partial charge in [0.15, 0.2) is 28.2 Å². The molecule has 2 aliphatic rings. The monoisotopic (exact) mass is 443 g/mol. The van der Waals surface area contributed by atoms with Gasteiger partial charge in [0.25, 0.3) is 0 Å². The summed E-state index contributed by atoms with van der Waals surface area (Å²) in [6.07, 6.45) is 0.00496. The number of carbonyl (C=O) groups is 2. The molecule has 31 heavy (non-hydrogen) atoms. The number of ether oxygens (including phenoxy) is 4. The van der Waals surface area contributed by atoms with Crippen LogP contribution in [0.2, 0.25) is 0 Å². The summed E-state index contributed by atoms with van der Waals surface area (Å²) in [6.45, 7) is 0.996. The second-order valence-corrected chi connectivity index (χ2v) is 7.85. The first-order valence-electron chi connectivity index (χ1n) is 9.53. The van der Waals surface area contributed by atoms with Crippen molar-refractivity contribution in [2.45, 2.75) is 11.7 Å². The number of hydrogen-bond donors (Lipinski definition) is 2. The van der Waals surface area contributed by atoms with Gasteiger partial charge in [0.05, 0.1) is 19.9 Å². The molecule has 0 aromatic heterocycles. The molecule has 0 spiro atoms. The molecule has 1 atom stereocenters. The van der Waals surface area contributed by atoms with Crippen LogP contribution in [0.5, 0.6) is 23.0 Å². The second-order valence-electron chi connectivity index (χ2n) is 6.66. The molecule has 2 aromatic carbocycles. The van der Waals surface area contributed by atoms with Crippen LogP contribution in [-0.4, -0.2) is 49.7 Å². The number of methoxy groups -OCH3 is 2. The van der Waals surface area contributed by atoms with Crippen molar-refractivity contribution in [1.82, 2.24) is 5.32 Å². The number of rotatable bonds is 6. The van der Waals surface area contributed by atoms with Crippen LogP contribution >= 0.6 is 11.8 Å².